The molecule has 0 saturated heterocycles. The Labute approximate surface area is 92.6 Å². The van der Waals surface area contributed by atoms with Gasteiger partial charge in [0.05, 0.1) is 6.61 Å². The van der Waals surface area contributed by atoms with Crippen molar-refractivity contribution in [3.05, 3.63) is 35.4 Å². The molecule has 0 amide bonds. The Balaban J connectivity index is 2.33. The molecule has 0 radical (unpaired) electrons. The molecule has 0 bridgehead atoms. The molecule has 0 saturated carbocycles. The van der Waals surface area contributed by atoms with E-state index < -0.39 is 0 Å². The van der Waals surface area contributed by atoms with Gasteiger partial charge in [-0.25, -0.2) is 0 Å². The predicted octanol–water partition coefficient (Wildman–Crippen LogP) is 2.68. The van der Waals surface area contributed by atoms with Crippen LogP contribution in [0.4, 0.5) is 0 Å². The molecule has 0 aromatic heterocycles. The molecule has 1 aromatic rings. The SMILES string of the molecule is CCOCCN[C@H](C)c1ccc(C)cc1. The van der Waals surface area contributed by atoms with Crippen molar-refractivity contribution in [3.8, 4) is 0 Å². The van der Waals surface area contributed by atoms with Gasteiger partial charge in [-0.2, -0.15) is 0 Å². The van der Waals surface area contributed by atoms with E-state index in [1.165, 1.54) is 11.1 Å². The summed E-state index contributed by atoms with van der Waals surface area (Å²) in [4.78, 5) is 0. The number of aryl methyl sites for hydroxylation is 1. The zero-order valence-corrected chi connectivity index (χ0v) is 9.92. The molecule has 15 heavy (non-hydrogen) atoms. The molecule has 1 rings (SSSR count). The number of benzene rings is 1. The molecular weight excluding hydrogens is 186 g/mol. The molecule has 2 heteroatoms. The van der Waals surface area contributed by atoms with Crippen LogP contribution in [0.1, 0.15) is 31.0 Å². The van der Waals surface area contributed by atoms with Crippen molar-refractivity contribution in [1.29, 1.82) is 0 Å². The quantitative estimate of drug-likeness (QED) is 0.724. The first-order valence-electron chi connectivity index (χ1n) is 5.61. The summed E-state index contributed by atoms with van der Waals surface area (Å²) in [7, 11) is 0. The summed E-state index contributed by atoms with van der Waals surface area (Å²) in [5, 5.41) is 3.43. The molecule has 0 aliphatic carbocycles. The van der Waals surface area contributed by atoms with Crippen LogP contribution in [-0.2, 0) is 4.74 Å². The summed E-state index contributed by atoms with van der Waals surface area (Å²) in [6.07, 6.45) is 0. The Morgan fingerprint density at radius 2 is 1.93 bits per heavy atom. The topological polar surface area (TPSA) is 21.3 Å². The first-order chi connectivity index (χ1) is 7.24. The first kappa shape index (κ1) is 12.2. The van der Waals surface area contributed by atoms with Crippen molar-refractivity contribution in [2.45, 2.75) is 26.8 Å². The Hall–Kier alpha value is -0.860. The minimum Gasteiger partial charge on any atom is -0.380 e. The maximum absolute atomic E-state index is 5.28. The molecule has 0 aliphatic rings. The van der Waals surface area contributed by atoms with Crippen molar-refractivity contribution in [2.24, 2.45) is 0 Å². The van der Waals surface area contributed by atoms with Crippen LogP contribution in [0.25, 0.3) is 0 Å². The third kappa shape index (κ3) is 4.45. The lowest BCUT2D eigenvalue weighted by Crippen LogP contribution is -2.23. The van der Waals surface area contributed by atoms with Crippen LogP contribution in [0.5, 0.6) is 0 Å². The second-order valence-corrected chi connectivity index (χ2v) is 3.78. The van der Waals surface area contributed by atoms with E-state index in [9.17, 15) is 0 Å². The molecule has 1 N–H and O–H groups in total. The van der Waals surface area contributed by atoms with Gasteiger partial charge in [0.2, 0.25) is 0 Å². The van der Waals surface area contributed by atoms with Crippen molar-refractivity contribution >= 4 is 0 Å². The standard InChI is InChI=1S/C13H21NO/c1-4-15-10-9-14-12(3)13-7-5-11(2)6-8-13/h5-8,12,14H,4,9-10H2,1-3H3/t12-/m1/s1. The average Bonchev–Trinajstić information content (AvgIpc) is 2.25. The van der Waals surface area contributed by atoms with Crippen LogP contribution >= 0.6 is 0 Å². The van der Waals surface area contributed by atoms with Gasteiger partial charge in [-0.3, -0.25) is 0 Å². The summed E-state index contributed by atoms with van der Waals surface area (Å²) in [5.41, 5.74) is 2.64. The normalized spacial score (nSPS) is 12.7. The second kappa shape index (κ2) is 6.59. The molecule has 0 unspecified atom stereocenters. The Morgan fingerprint density at radius 1 is 1.27 bits per heavy atom. The van der Waals surface area contributed by atoms with Crippen LogP contribution < -0.4 is 5.32 Å². The summed E-state index contributed by atoms with van der Waals surface area (Å²) in [6.45, 7) is 8.78. The first-order valence-corrected chi connectivity index (χ1v) is 5.61. The fraction of sp³-hybridized carbons (Fsp3) is 0.538. The summed E-state index contributed by atoms with van der Waals surface area (Å²) >= 11 is 0. The largest absolute Gasteiger partial charge is 0.380 e. The van der Waals surface area contributed by atoms with Crippen LogP contribution in [-0.4, -0.2) is 19.8 Å². The van der Waals surface area contributed by atoms with E-state index in [-0.39, 0.29) is 0 Å². The van der Waals surface area contributed by atoms with Gasteiger partial charge < -0.3 is 10.1 Å². The number of rotatable bonds is 6. The number of hydrogen-bond donors (Lipinski definition) is 1. The smallest absolute Gasteiger partial charge is 0.0590 e. The fourth-order valence-corrected chi connectivity index (χ4v) is 1.46. The van der Waals surface area contributed by atoms with Crippen molar-refractivity contribution in [1.82, 2.24) is 5.32 Å². The molecule has 0 spiro atoms. The third-order valence-electron chi connectivity index (χ3n) is 2.48. The van der Waals surface area contributed by atoms with E-state index >= 15 is 0 Å². The zero-order valence-electron chi connectivity index (χ0n) is 9.92. The highest BCUT2D eigenvalue weighted by atomic mass is 16.5. The lowest BCUT2D eigenvalue weighted by molar-refractivity contribution is 0.147. The molecule has 1 aromatic carbocycles. The van der Waals surface area contributed by atoms with Crippen LogP contribution in [0.15, 0.2) is 24.3 Å². The number of hydrogen-bond acceptors (Lipinski definition) is 2. The molecule has 84 valence electrons. The second-order valence-electron chi connectivity index (χ2n) is 3.78. The van der Waals surface area contributed by atoms with Gasteiger partial charge in [0.25, 0.3) is 0 Å². The van der Waals surface area contributed by atoms with E-state index in [1.54, 1.807) is 0 Å². The van der Waals surface area contributed by atoms with Crippen LogP contribution in [0, 0.1) is 6.92 Å². The van der Waals surface area contributed by atoms with Gasteiger partial charge in [0.15, 0.2) is 0 Å². The third-order valence-corrected chi connectivity index (χ3v) is 2.48. The van der Waals surface area contributed by atoms with E-state index in [4.69, 9.17) is 4.74 Å². The Kier molecular flexibility index (Phi) is 5.37. The minimum absolute atomic E-state index is 0.394. The zero-order chi connectivity index (χ0) is 11.1. The molecule has 0 heterocycles. The maximum Gasteiger partial charge on any atom is 0.0590 e. The molecule has 0 fully saturated rings. The maximum atomic E-state index is 5.28. The monoisotopic (exact) mass is 207 g/mol. The van der Waals surface area contributed by atoms with E-state index in [1.807, 2.05) is 6.92 Å². The number of ether oxygens (including phenoxy) is 1. The van der Waals surface area contributed by atoms with Gasteiger partial charge >= 0.3 is 0 Å². The van der Waals surface area contributed by atoms with E-state index in [0.29, 0.717) is 6.04 Å². The lowest BCUT2D eigenvalue weighted by atomic mass is 10.1. The highest BCUT2D eigenvalue weighted by molar-refractivity contribution is 5.23. The summed E-state index contributed by atoms with van der Waals surface area (Å²) < 4.78 is 5.28. The van der Waals surface area contributed by atoms with Gasteiger partial charge in [0.1, 0.15) is 0 Å². The van der Waals surface area contributed by atoms with Crippen LogP contribution in [0.3, 0.4) is 0 Å². The van der Waals surface area contributed by atoms with Crippen molar-refractivity contribution in [2.75, 3.05) is 19.8 Å². The number of nitrogens with one attached hydrogen (secondary N) is 1. The van der Waals surface area contributed by atoms with Gasteiger partial charge in [0, 0.05) is 19.2 Å². The summed E-state index contributed by atoms with van der Waals surface area (Å²) in [6, 6.07) is 9.04. The van der Waals surface area contributed by atoms with Gasteiger partial charge in [-0.05, 0) is 26.3 Å². The Bertz CT molecular complexity index is 268. The highest BCUT2D eigenvalue weighted by Gasteiger charge is 2.02. The van der Waals surface area contributed by atoms with E-state index in [2.05, 4.69) is 43.4 Å². The van der Waals surface area contributed by atoms with Crippen molar-refractivity contribution < 1.29 is 4.74 Å². The predicted molar refractivity (Wildman–Crippen MR) is 64.1 cm³/mol. The average molecular weight is 207 g/mol. The van der Waals surface area contributed by atoms with Crippen LogP contribution in [0.2, 0.25) is 0 Å². The van der Waals surface area contributed by atoms with Gasteiger partial charge in [-0.1, -0.05) is 29.8 Å². The molecular formula is C13H21NO. The highest BCUT2D eigenvalue weighted by Crippen LogP contribution is 2.12. The molecule has 0 aliphatic heterocycles. The summed E-state index contributed by atoms with van der Waals surface area (Å²) in [5.74, 6) is 0. The van der Waals surface area contributed by atoms with Gasteiger partial charge in [-0.15, -0.1) is 0 Å². The molecule has 2 nitrogen and oxygen atoms in total. The van der Waals surface area contributed by atoms with E-state index in [0.717, 1.165) is 19.8 Å². The van der Waals surface area contributed by atoms with Crippen molar-refractivity contribution in [3.63, 3.8) is 0 Å². The molecule has 1 atom stereocenters. The lowest BCUT2D eigenvalue weighted by Gasteiger charge is -2.14. The minimum atomic E-state index is 0.394. The Morgan fingerprint density at radius 3 is 2.53 bits per heavy atom. The fourth-order valence-electron chi connectivity index (χ4n) is 1.46.